The predicted octanol–water partition coefficient (Wildman–Crippen LogP) is 6.19. The number of hydrogen-bond acceptors (Lipinski definition) is 5. The normalized spacial score (nSPS) is 16.6. The molecule has 9 heteroatoms. The van der Waals surface area contributed by atoms with Crippen molar-refractivity contribution >= 4 is 41.4 Å². The van der Waals surface area contributed by atoms with Gasteiger partial charge in [0, 0.05) is 26.7 Å². The lowest BCUT2D eigenvalue weighted by Crippen LogP contribution is -2.45. The summed E-state index contributed by atoms with van der Waals surface area (Å²) in [7, 11) is -0.0712. The summed E-state index contributed by atoms with van der Waals surface area (Å²) in [6.45, 7) is 14.0. The zero-order chi connectivity index (χ0) is 25.6. The van der Waals surface area contributed by atoms with E-state index in [1.165, 1.54) is 0 Å². The molecule has 1 aliphatic rings. The fourth-order valence-electron chi connectivity index (χ4n) is 4.11. The fraction of sp³-hybridized carbons (Fsp3) is 0.500. The molecule has 0 aromatic heterocycles. The first-order valence-electron chi connectivity index (χ1n) is 12.3. The van der Waals surface area contributed by atoms with Gasteiger partial charge >= 0.3 is 6.09 Å². The van der Waals surface area contributed by atoms with Crippen molar-refractivity contribution in [1.82, 2.24) is 9.80 Å². The van der Waals surface area contributed by atoms with Crippen molar-refractivity contribution in [1.29, 1.82) is 5.26 Å². The van der Waals surface area contributed by atoms with E-state index in [1.807, 2.05) is 48.5 Å². The Kier molecular flexibility index (Phi) is 12.7. The average Bonchev–Trinajstić information content (AvgIpc) is 3.26. The molecule has 0 radical (unpaired) electrons. The van der Waals surface area contributed by atoms with E-state index < -0.39 is 8.32 Å². The summed E-state index contributed by atoms with van der Waals surface area (Å²) in [5.41, 5.74) is 2.46. The van der Waals surface area contributed by atoms with E-state index in [0.29, 0.717) is 12.1 Å². The summed E-state index contributed by atoms with van der Waals surface area (Å²) < 4.78 is 12.3. The summed E-state index contributed by atoms with van der Waals surface area (Å²) in [6.07, 6.45) is 0.811. The maximum absolute atomic E-state index is 13.0. The zero-order valence-electron chi connectivity index (χ0n) is 23.0. The van der Waals surface area contributed by atoms with E-state index >= 15 is 0 Å². The van der Waals surface area contributed by atoms with Crippen LogP contribution in [0.25, 0.3) is 0 Å². The molecule has 1 aliphatic heterocycles. The molecule has 1 saturated heterocycles. The number of hydrogen-bond donors (Lipinski definition) is 0. The first kappa shape index (κ1) is 33.1. The van der Waals surface area contributed by atoms with Crippen molar-refractivity contribution in [3.05, 3.63) is 71.3 Å². The number of likely N-dealkylation sites (N-methyl/N-ethyl adjacent to an activating group) is 1. The Bertz CT molecular complexity index is 1040. The Balaban J connectivity index is 0.00000342. The lowest BCUT2D eigenvalue weighted by Gasteiger charge is -2.38. The minimum Gasteiger partial charge on any atom is -0.445 e. The highest BCUT2D eigenvalue weighted by Gasteiger charge is 2.41. The van der Waals surface area contributed by atoms with Crippen LogP contribution in [0, 0.1) is 11.3 Å². The Morgan fingerprint density at radius 2 is 1.84 bits per heavy atom. The second-order valence-corrected chi connectivity index (χ2v) is 15.7. The van der Waals surface area contributed by atoms with Crippen LogP contribution in [0.1, 0.15) is 49.9 Å². The minimum absolute atomic E-state index is 0. The number of carbonyl (C=O) groups is 1. The zero-order valence-corrected chi connectivity index (χ0v) is 26.0. The van der Waals surface area contributed by atoms with Crippen LogP contribution in [0.2, 0.25) is 18.1 Å². The number of amides is 1. The molecule has 0 unspecified atom stereocenters. The molecule has 2 aromatic carbocycles. The van der Waals surface area contributed by atoms with Gasteiger partial charge in [0.2, 0.25) is 0 Å². The maximum Gasteiger partial charge on any atom is 0.410 e. The summed E-state index contributed by atoms with van der Waals surface area (Å²) in [6, 6.07) is 19.2. The van der Waals surface area contributed by atoms with Crippen LogP contribution in [0.15, 0.2) is 54.6 Å². The van der Waals surface area contributed by atoms with Crippen molar-refractivity contribution < 1.29 is 14.0 Å². The Morgan fingerprint density at radius 1 is 1.16 bits per heavy atom. The van der Waals surface area contributed by atoms with Gasteiger partial charge in [0.15, 0.2) is 8.32 Å². The van der Waals surface area contributed by atoms with Crippen LogP contribution in [0.5, 0.6) is 0 Å². The first-order chi connectivity index (χ1) is 16.5. The number of likely N-dealkylation sites (tertiary alicyclic amines) is 1. The third-order valence-electron chi connectivity index (χ3n) is 7.29. The maximum atomic E-state index is 13.0. The molecule has 204 valence electrons. The van der Waals surface area contributed by atoms with Crippen LogP contribution in [-0.2, 0) is 15.8 Å². The highest BCUT2D eigenvalue weighted by Crippen LogP contribution is 2.38. The van der Waals surface area contributed by atoms with Crippen LogP contribution in [0.4, 0.5) is 4.79 Å². The number of benzene rings is 2. The molecule has 2 atom stereocenters. The number of rotatable bonds is 8. The molecular weight excluding hydrogens is 519 g/mol. The molecule has 6 nitrogen and oxygen atoms in total. The van der Waals surface area contributed by atoms with E-state index in [1.54, 1.807) is 18.0 Å². The smallest absolute Gasteiger partial charge is 0.410 e. The predicted molar refractivity (Wildman–Crippen MR) is 162 cm³/mol. The van der Waals surface area contributed by atoms with Crippen LogP contribution >= 0.6 is 27.0 Å². The average molecular weight is 562 g/mol. The first-order valence-corrected chi connectivity index (χ1v) is 15.2. The molecule has 0 bridgehead atoms. The van der Waals surface area contributed by atoms with Crippen molar-refractivity contribution in [2.24, 2.45) is 0 Å². The number of carbonyl (C=O) groups excluding carboxylic acids is 1. The summed E-state index contributed by atoms with van der Waals surface area (Å²) in [4.78, 5) is 17.0. The van der Waals surface area contributed by atoms with Gasteiger partial charge in [0.25, 0.3) is 0 Å². The van der Waals surface area contributed by atoms with E-state index in [4.69, 9.17) is 9.16 Å². The van der Waals surface area contributed by atoms with Crippen LogP contribution in [-0.4, -0.2) is 57.0 Å². The third-order valence-corrected chi connectivity index (χ3v) is 11.8. The van der Waals surface area contributed by atoms with Gasteiger partial charge in [0.1, 0.15) is 6.61 Å². The molecule has 3 rings (SSSR count). The van der Waals surface area contributed by atoms with Crippen molar-refractivity contribution in [2.75, 3.05) is 26.7 Å². The number of nitriles is 1. The third kappa shape index (κ3) is 9.08. The number of nitrogens with zero attached hydrogens (tertiary/aromatic N) is 3. The quantitative estimate of drug-likeness (QED) is 0.360. The van der Waals surface area contributed by atoms with Gasteiger partial charge in [-0.1, -0.05) is 63.2 Å². The molecular formula is C28H43N3O3S2Si. The van der Waals surface area contributed by atoms with E-state index in [9.17, 15) is 10.1 Å². The van der Waals surface area contributed by atoms with E-state index in [0.717, 1.165) is 30.6 Å². The molecule has 0 aliphatic carbocycles. The highest BCUT2D eigenvalue weighted by molar-refractivity contribution is 7.59. The summed E-state index contributed by atoms with van der Waals surface area (Å²) >= 11 is 0. The SMILES string of the molecule is CN(C(=O)OCc1ccccc1)[C@H](CN1CC[C@@H](O[Si](C)(C)C(C)(C)C)C1)c1cccc(C#N)c1.S.S. The highest BCUT2D eigenvalue weighted by atomic mass is 32.1. The minimum atomic E-state index is -1.85. The van der Waals surface area contributed by atoms with Gasteiger partial charge in [0.05, 0.1) is 23.8 Å². The van der Waals surface area contributed by atoms with Gasteiger partial charge in [-0.3, -0.25) is 4.90 Å². The number of ether oxygens (including phenoxy) is 1. The summed E-state index contributed by atoms with van der Waals surface area (Å²) in [5, 5.41) is 9.59. The van der Waals surface area contributed by atoms with Crippen molar-refractivity contribution in [2.45, 2.75) is 64.1 Å². The molecule has 2 aromatic rings. The molecule has 0 spiro atoms. The molecule has 1 heterocycles. The Labute approximate surface area is 238 Å². The Morgan fingerprint density at radius 3 is 2.46 bits per heavy atom. The van der Waals surface area contributed by atoms with Crippen LogP contribution < -0.4 is 0 Å². The van der Waals surface area contributed by atoms with Crippen molar-refractivity contribution in [3.63, 3.8) is 0 Å². The molecule has 0 N–H and O–H groups in total. The van der Waals surface area contributed by atoms with Crippen LogP contribution in [0.3, 0.4) is 0 Å². The van der Waals surface area contributed by atoms with E-state index in [2.05, 4.69) is 44.8 Å². The summed E-state index contributed by atoms with van der Waals surface area (Å²) in [5.74, 6) is 0. The van der Waals surface area contributed by atoms with Crippen molar-refractivity contribution in [3.8, 4) is 6.07 Å². The molecule has 37 heavy (non-hydrogen) atoms. The van der Waals surface area contributed by atoms with Gasteiger partial charge in [-0.05, 0) is 47.8 Å². The van der Waals surface area contributed by atoms with Gasteiger partial charge in [-0.25, -0.2) is 4.79 Å². The topological polar surface area (TPSA) is 65.8 Å². The Hall–Kier alpha value is -1.96. The largest absolute Gasteiger partial charge is 0.445 e. The second kappa shape index (κ2) is 14.3. The molecule has 1 fully saturated rings. The second-order valence-electron chi connectivity index (χ2n) is 11.0. The lowest BCUT2D eigenvalue weighted by atomic mass is 10.0. The van der Waals surface area contributed by atoms with Gasteiger partial charge in [-0.2, -0.15) is 32.3 Å². The monoisotopic (exact) mass is 561 g/mol. The lowest BCUT2D eigenvalue weighted by molar-refractivity contribution is 0.0819. The van der Waals surface area contributed by atoms with Gasteiger partial charge in [-0.15, -0.1) is 0 Å². The molecule has 0 saturated carbocycles. The standard InChI is InChI=1S/C28H39N3O3Si.2H2S/c1-28(2,3)35(5,6)34-25-15-16-31(19-25)20-26(24-14-10-13-23(17-24)18-29)30(4)27(32)33-21-22-11-8-7-9-12-22;;/h7-14,17,25-26H,15-16,19-21H2,1-6H3;2*1H2/t25-,26-;;/m1../s1. The van der Waals surface area contributed by atoms with Gasteiger partial charge < -0.3 is 14.1 Å². The fourth-order valence-corrected chi connectivity index (χ4v) is 5.49. The molecule has 1 amide bonds. The van der Waals surface area contributed by atoms with E-state index in [-0.39, 0.29) is 56.9 Å².